The lowest BCUT2D eigenvalue weighted by molar-refractivity contribution is -0.122. The van der Waals surface area contributed by atoms with Crippen LogP contribution in [0.25, 0.3) is 0 Å². The van der Waals surface area contributed by atoms with Crippen LogP contribution < -0.4 is 15.4 Å². The molecule has 0 spiro atoms. The molecule has 1 heterocycles. The zero-order valence-corrected chi connectivity index (χ0v) is 12.8. The Morgan fingerprint density at radius 1 is 1.22 bits per heavy atom. The molecule has 2 aromatic rings. The number of rotatable bonds is 4. The van der Waals surface area contributed by atoms with Crippen molar-refractivity contribution < 1.29 is 14.3 Å². The zero-order chi connectivity index (χ0) is 16.2. The minimum absolute atomic E-state index is 0.0646. The van der Waals surface area contributed by atoms with Crippen molar-refractivity contribution >= 4 is 23.2 Å². The predicted molar refractivity (Wildman–Crippen MR) is 88.6 cm³/mol. The summed E-state index contributed by atoms with van der Waals surface area (Å²) in [4.78, 5) is 23.7. The first-order valence-electron chi connectivity index (χ1n) is 7.57. The molecule has 2 amide bonds. The zero-order valence-electron chi connectivity index (χ0n) is 12.8. The molecule has 0 fully saturated rings. The Balaban J connectivity index is 1.61. The highest BCUT2D eigenvalue weighted by molar-refractivity contribution is 5.99. The Bertz CT molecular complexity index is 728. The molecule has 0 bridgehead atoms. The average Bonchev–Trinajstić information content (AvgIpc) is 2.55. The number of hydrogen-bond acceptors (Lipinski definition) is 3. The van der Waals surface area contributed by atoms with E-state index in [2.05, 4.69) is 10.6 Å². The largest absolute Gasteiger partial charge is 0.479 e. The van der Waals surface area contributed by atoms with Gasteiger partial charge >= 0.3 is 0 Å². The van der Waals surface area contributed by atoms with Crippen LogP contribution in [0.5, 0.6) is 5.75 Å². The summed E-state index contributed by atoms with van der Waals surface area (Å²) in [7, 11) is 0. The van der Waals surface area contributed by atoms with Crippen molar-refractivity contribution in [3.05, 3.63) is 54.1 Å². The molecular weight excluding hydrogens is 292 g/mol. The van der Waals surface area contributed by atoms with Crippen LogP contribution in [-0.2, 0) is 16.0 Å². The molecular formula is C18H18N2O3. The van der Waals surface area contributed by atoms with Crippen LogP contribution in [0.2, 0.25) is 0 Å². The Labute approximate surface area is 134 Å². The number of fused-ring (bicyclic) bond motifs is 1. The van der Waals surface area contributed by atoms with Crippen LogP contribution in [0.4, 0.5) is 11.4 Å². The first-order chi connectivity index (χ1) is 11.1. The number of ether oxygens (including phenoxy) is 1. The molecule has 1 aliphatic rings. The minimum atomic E-state index is -0.506. The van der Waals surface area contributed by atoms with Gasteiger partial charge in [-0.15, -0.1) is 0 Å². The highest BCUT2D eigenvalue weighted by atomic mass is 16.5. The van der Waals surface area contributed by atoms with Gasteiger partial charge in [-0.25, -0.2) is 0 Å². The fraction of sp³-hybridized carbons (Fsp3) is 0.222. The number of carbonyl (C=O) groups excluding carboxylic acids is 2. The number of anilines is 2. The van der Waals surface area contributed by atoms with E-state index in [4.69, 9.17) is 4.74 Å². The van der Waals surface area contributed by atoms with Crippen LogP contribution in [-0.4, -0.2) is 17.9 Å². The summed E-state index contributed by atoms with van der Waals surface area (Å²) in [6, 6.07) is 15.1. The van der Waals surface area contributed by atoms with Crippen molar-refractivity contribution in [1.82, 2.24) is 0 Å². The second-order valence-electron chi connectivity index (χ2n) is 5.49. The SMILES string of the molecule is CC1Oc2ccc(NC(=O)CCc3ccccc3)cc2NC1=O. The van der Waals surface area contributed by atoms with E-state index < -0.39 is 6.10 Å². The summed E-state index contributed by atoms with van der Waals surface area (Å²) in [5, 5.41) is 5.61. The maximum absolute atomic E-state index is 12.0. The molecule has 1 aliphatic heterocycles. The Morgan fingerprint density at radius 3 is 2.78 bits per heavy atom. The van der Waals surface area contributed by atoms with E-state index in [0.717, 1.165) is 5.56 Å². The van der Waals surface area contributed by atoms with Crippen molar-refractivity contribution in [2.45, 2.75) is 25.9 Å². The van der Waals surface area contributed by atoms with E-state index in [0.29, 0.717) is 30.0 Å². The normalized spacial score (nSPS) is 16.0. The standard InChI is InChI=1S/C18H18N2O3/c1-12-18(22)20-15-11-14(8-9-16(15)23-12)19-17(21)10-7-13-5-3-2-4-6-13/h2-6,8-9,11-12H,7,10H2,1H3,(H,19,21)(H,20,22). The maximum Gasteiger partial charge on any atom is 0.265 e. The van der Waals surface area contributed by atoms with Gasteiger partial charge in [0.1, 0.15) is 5.75 Å². The third kappa shape index (κ3) is 3.69. The Kier molecular flexibility index (Phi) is 4.28. The number of aryl methyl sites for hydroxylation is 1. The van der Waals surface area contributed by atoms with E-state index >= 15 is 0 Å². The van der Waals surface area contributed by atoms with Crippen molar-refractivity contribution in [1.29, 1.82) is 0 Å². The third-order valence-electron chi connectivity index (χ3n) is 3.68. The molecule has 1 unspecified atom stereocenters. The molecule has 5 nitrogen and oxygen atoms in total. The molecule has 5 heteroatoms. The summed E-state index contributed by atoms with van der Waals surface area (Å²) >= 11 is 0. The van der Waals surface area contributed by atoms with Gasteiger partial charge in [-0.05, 0) is 37.1 Å². The lowest BCUT2D eigenvalue weighted by Crippen LogP contribution is -2.34. The molecule has 0 aliphatic carbocycles. The van der Waals surface area contributed by atoms with Gasteiger partial charge in [0.25, 0.3) is 5.91 Å². The number of benzene rings is 2. The average molecular weight is 310 g/mol. The van der Waals surface area contributed by atoms with Crippen LogP contribution in [0.1, 0.15) is 18.9 Å². The minimum Gasteiger partial charge on any atom is -0.479 e. The first kappa shape index (κ1) is 15.1. The van der Waals surface area contributed by atoms with Gasteiger partial charge < -0.3 is 15.4 Å². The molecule has 0 saturated carbocycles. The van der Waals surface area contributed by atoms with Crippen molar-refractivity contribution in [2.75, 3.05) is 10.6 Å². The van der Waals surface area contributed by atoms with Gasteiger partial charge in [-0.2, -0.15) is 0 Å². The smallest absolute Gasteiger partial charge is 0.265 e. The van der Waals surface area contributed by atoms with E-state index in [1.807, 2.05) is 30.3 Å². The van der Waals surface area contributed by atoms with Crippen LogP contribution in [0.3, 0.4) is 0 Å². The number of amides is 2. The highest BCUT2D eigenvalue weighted by Crippen LogP contribution is 2.32. The van der Waals surface area contributed by atoms with E-state index in [1.165, 1.54) is 0 Å². The van der Waals surface area contributed by atoms with Crippen molar-refractivity contribution in [3.63, 3.8) is 0 Å². The fourth-order valence-corrected chi connectivity index (χ4v) is 2.41. The number of carbonyl (C=O) groups is 2. The molecule has 2 aromatic carbocycles. The molecule has 0 saturated heterocycles. The van der Waals surface area contributed by atoms with Crippen LogP contribution >= 0.6 is 0 Å². The van der Waals surface area contributed by atoms with Gasteiger partial charge in [-0.1, -0.05) is 30.3 Å². The molecule has 2 N–H and O–H groups in total. The molecule has 3 rings (SSSR count). The Hall–Kier alpha value is -2.82. The first-order valence-corrected chi connectivity index (χ1v) is 7.57. The number of hydrogen-bond donors (Lipinski definition) is 2. The lowest BCUT2D eigenvalue weighted by Gasteiger charge is -2.23. The monoisotopic (exact) mass is 310 g/mol. The molecule has 1 atom stereocenters. The predicted octanol–water partition coefficient (Wildman–Crippen LogP) is 2.98. The van der Waals surface area contributed by atoms with Gasteiger partial charge in [0.05, 0.1) is 5.69 Å². The quantitative estimate of drug-likeness (QED) is 0.912. The fourth-order valence-electron chi connectivity index (χ4n) is 2.41. The van der Waals surface area contributed by atoms with Crippen molar-refractivity contribution in [3.8, 4) is 5.75 Å². The van der Waals surface area contributed by atoms with Gasteiger partial charge in [0.2, 0.25) is 5.91 Å². The van der Waals surface area contributed by atoms with E-state index in [9.17, 15) is 9.59 Å². The lowest BCUT2D eigenvalue weighted by atomic mass is 10.1. The van der Waals surface area contributed by atoms with Gasteiger partial charge in [0.15, 0.2) is 6.10 Å². The van der Waals surface area contributed by atoms with Crippen LogP contribution in [0, 0.1) is 0 Å². The highest BCUT2D eigenvalue weighted by Gasteiger charge is 2.23. The van der Waals surface area contributed by atoms with E-state index in [1.54, 1.807) is 25.1 Å². The van der Waals surface area contributed by atoms with Gasteiger partial charge in [0, 0.05) is 12.1 Å². The van der Waals surface area contributed by atoms with E-state index in [-0.39, 0.29) is 11.8 Å². The van der Waals surface area contributed by atoms with Crippen LogP contribution in [0.15, 0.2) is 48.5 Å². The molecule has 0 aromatic heterocycles. The summed E-state index contributed by atoms with van der Waals surface area (Å²) in [6.45, 7) is 1.69. The summed E-state index contributed by atoms with van der Waals surface area (Å²) in [5.74, 6) is 0.356. The summed E-state index contributed by atoms with van der Waals surface area (Å²) in [5.41, 5.74) is 2.34. The Morgan fingerprint density at radius 2 is 2.00 bits per heavy atom. The molecule has 0 radical (unpaired) electrons. The topological polar surface area (TPSA) is 67.4 Å². The maximum atomic E-state index is 12.0. The third-order valence-corrected chi connectivity index (χ3v) is 3.68. The summed E-state index contributed by atoms with van der Waals surface area (Å²) < 4.78 is 5.48. The summed E-state index contributed by atoms with van der Waals surface area (Å²) in [6.07, 6.45) is 0.587. The second kappa shape index (κ2) is 6.52. The van der Waals surface area contributed by atoms with Crippen molar-refractivity contribution in [2.24, 2.45) is 0 Å². The van der Waals surface area contributed by atoms with Gasteiger partial charge in [-0.3, -0.25) is 9.59 Å². The second-order valence-corrected chi connectivity index (χ2v) is 5.49. The molecule has 118 valence electrons. The molecule has 23 heavy (non-hydrogen) atoms. The number of nitrogens with one attached hydrogen (secondary N) is 2.